The molecule has 7 nitrogen and oxygen atoms in total. The number of aryl methyl sites for hydroxylation is 1. The number of ether oxygens (including phenoxy) is 3. The van der Waals surface area contributed by atoms with Crippen molar-refractivity contribution in [3.05, 3.63) is 52.8 Å². The van der Waals surface area contributed by atoms with Gasteiger partial charge in [-0.3, -0.25) is 9.59 Å². The highest BCUT2D eigenvalue weighted by molar-refractivity contribution is 7.16. The summed E-state index contributed by atoms with van der Waals surface area (Å²) in [5.41, 5.74) is 1.33. The third-order valence-electron chi connectivity index (χ3n) is 4.27. The van der Waals surface area contributed by atoms with E-state index in [0.717, 1.165) is 10.2 Å². The molecule has 0 atom stereocenters. The Balaban J connectivity index is 2.01. The van der Waals surface area contributed by atoms with Crippen molar-refractivity contribution in [1.29, 1.82) is 0 Å². The number of esters is 1. The van der Waals surface area contributed by atoms with Crippen molar-refractivity contribution in [2.45, 2.75) is 19.9 Å². The van der Waals surface area contributed by atoms with E-state index in [2.05, 4.69) is 4.99 Å². The van der Waals surface area contributed by atoms with Crippen LogP contribution in [-0.2, 0) is 16.1 Å². The molecule has 0 saturated heterocycles. The van der Waals surface area contributed by atoms with E-state index >= 15 is 0 Å². The van der Waals surface area contributed by atoms with Crippen molar-refractivity contribution in [2.75, 3.05) is 20.8 Å². The van der Waals surface area contributed by atoms with Gasteiger partial charge in [0.1, 0.15) is 11.5 Å². The molecule has 3 aromatic rings. The van der Waals surface area contributed by atoms with Gasteiger partial charge in [0.15, 0.2) is 4.80 Å². The van der Waals surface area contributed by atoms with Gasteiger partial charge in [-0.2, -0.15) is 4.99 Å². The molecule has 1 amide bonds. The lowest BCUT2D eigenvalue weighted by atomic mass is 10.2. The summed E-state index contributed by atoms with van der Waals surface area (Å²) in [5, 5.41) is 0. The van der Waals surface area contributed by atoms with Gasteiger partial charge in [-0.1, -0.05) is 11.3 Å². The van der Waals surface area contributed by atoms with E-state index in [1.54, 1.807) is 45.4 Å². The van der Waals surface area contributed by atoms with Gasteiger partial charge in [0.05, 0.1) is 37.5 Å². The summed E-state index contributed by atoms with van der Waals surface area (Å²) in [6.45, 7) is 2.46. The van der Waals surface area contributed by atoms with Gasteiger partial charge in [-0.15, -0.1) is 0 Å². The van der Waals surface area contributed by atoms with Crippen LogP contribution in [0.4, 0.5) is 0 Å². The fourth-order valence-corrected chi connectivity index (χ4v) is 3.89. The molecule has 0 unspecified atom stereocenters. The minimum atomic E-state index is -0.365. The van der Waals surface area contributed by atoms with Gasteiger partial charge in [-0.05, 0) is 49.4 Å². The van der Waals surface area contributed by atoms with Crippen LogP contribution >= 0.6 is 11.3 Å². The molecule has 0 saturated carbocycles. The van der Waals surface area contributed by atoms with E-state index in [4.69, 9.17) is 14.2 Å². The Bertz CT molecular complexity index is 1080. The summed E-state index contributed by atoms with van der Waals surface area (Å²) in [4.78, 5) is 29.3. The number of thiazole rings is 1. The van der Waals surface area contributed by atoms with Crippen molar-refractivity contribution in [2.24, 2.45) is 4.99 Å². The predicted octanol–water partition coefficient (Wildman–Crippen LogP) is 3.41. The monoisotopic (exact) mass is 414 g/mol. The molecule has 3 rings (SSSR count). The minimum Gasteiger partial charge on any atom is -0.497 e. The Morgan fingerprint density at radius 1 is 1.03 bits per heavy atom. The van der Waals surface area contributed by atoms with E-state index in [9.17, 15) is 9.59 Å². The fourth-order valence-electron chi connectivity index (χ4n) is 2.80. The van der Waals surface area contributed by atoms with E-state index in [1.165, 1.54) is 11.3 Å². The van der Waals surface area contributed by atoms with Gasteiger partial charge >= 0.3 is 5.97 Å². The van der Waals surface area contributed by atoms with Gasteiger partial charge < -0.3 is 18.8 Å². The van der Waals surface area contributed by atoms with Crippen LogP contribution in [0.3, 0.4) is 0 Å². The number of hydrogen-bond donors (Lipinski definition) is 0. The number of nitrogens with zero attached hydrogens (tertiary/aromatic N) is 2. The van der Waals surface area contributed by atoms with Crippen LogP contribution in [-0.4, -0.2) is 37.3 Å². The summed E-state index contributed by atoms with van der Waals surface area (Å²) in [6, 6.07) is 12.4. The third-order valence-corrected chi connectivity index (χ3v) is 5.31. The Morgan fingerprint density at radius 3 is 2.38 bits per heavy atom. The van der Waals surface area contributed by atoms with E-state index in [1.807, 2.05) is 22.8 Å². The molecule has 0 spiro atoms. The highest BCUT2D eigenvalue weighted by atomic mass is 32.1. The molecule has 0 N–H and O–H groups in total. The predicted molar refractivity (Wildman–Crippen MR) is 111 cm³/mol. The Hall–Kier alpha value is -3.13. The number of aromatic nitrogens is 1. The van der Waals surface area contributed by atoms with Gasteiger partial charge in [-0.25, -0.2) is 0 Å². The van der Waals surface area contributed by atoms with Crippen molar-refractivity contribution in [1.82, 2.24) is 4.57 Å². The van der Waals surface area contributed by atoms with Crippen molar-refractivity contribution < 1.29 is 23.8 Å². The largest absolute Gasteiger partial charge is 0.497 e. The number of benzene rings is 2. The SMILES string of the molecule is CCOC(=O)CCn1c(=NC(=O)c2ccc(OC)cc2)sc2cc(OC)ccc21. The number of hydrogen-bond acceptors (Lipinski definition) is 6. The lowest BCUT2D eigenvalue weighted by molar-refractivity contribution is -0.143. The molecule has 0 radical (unpaired) electrons. The Morgan fingerprint density at radius 2 is 1.72 bits per heavy atom. The first-order valence-corrected chi connectivity index (χ1v) is 9.93. The first-order chi connectivity index (χ1) is 14.0. The molecular weight excluding hydrogens is 392 g/mol. The van der Waals surface area contributed by atoms with Crippen LogP contribution in [0, 0.1) is 0 Å². The van der Waals surface area contributed by atoms with Crippen molar-refractivity contribution >= 4 is 33.4 Å². The number of fused-ring (bicyclic) bond motifs is 1. The highest BCUT2D eigenvalue weighted by Gasteiger charge is 2.12. The molecule has 0 aliphatic carbocycles. The summed E-state index contributed by atoms with van der Waals surface area (Å²) >= 11 is 1.37. The lowest BCUT2D eigenvalue weighted by Crippen LogP contribution is -2.19. The zero-order chi connectivity index (χ0) is 20.8. The van der Waals surface area contributed by atoms with Crippen LogP contribution in [0.1, 0.15) is 23.7 Å². The average molecular weight is 414 g/mol. The zero-order valence-electron chi connectivity index (χ0n) is 16.5. The summed E-state index contributed by atoms with van der Waals surface area (Å²) in [6.07, 6.45) is 0.190. The van der Waals surface area contributed by atoms with Crippen molar-refractivity contribution in [3.8, 4) is 11.5 Å². The molecule has 1 aromatic heterocycles. The number of carbonyl (C=O) groups excluding carboxylic acids is 2. The zero-order valence-corrected chi connectivity index (χ0v) is 17.3. The second-order valence-corrected chi connectivity index (χ2v) is 7.08. The summed E-state index contributed by atoms with van der Waals surface area (Å²) in [7, 11) is 3.17. The van der Waals surface area contributed by atoms with E-state index < -0.39 is 0 Å². The minimum absolute atomic E-state index is 0.190. The maximum Gasteiger partial charge on any atom is 0.307 e. The van der Waals surface area contributed by atoms with Crippen LogP contribution in [0.2, 0.25) is 0 Å². The molecule has 0 bridgehead atoms. The van der Waals surface area contributed by atoms with Crippen LogP contribution in [0.25, 0.3) is 10.2 Å². The molecular formula is C21H22N2O5S. The van der Waals surface area contributed by atoms with Gasteiger partial charge in [0, 0.05) is 12.1 Å². The van der Waals surface area contributed by atoms with Crippen molar-refractivity contribution in [3.63, 3.8) is 0 Å². The van der Waals surface area contributed by atoms with Gasteiger partial charge in [0.25, 0.3) is 5.91 Å². The molecule has 8 heteroatoms. The molecule has 152 valence electrons. The maximum atomic E-state index is 12.7. The van der Waals surface area contributed by atoms with E-state index in [-0.39, 0.29) is 18.3 Å². The number of rotatable bonds is 7. The van der Waals surface area contributed by atoms with Gasteiger partial charge in [0.2, 0.25) is 0 Å². The van der Waals surface area contributed by atoms with Crippen LogP contribution in [0.5, 0.6) is 11.5 Å². The molecule has 0 aliphatic heterocycles. The Labute approximate surface area is 172 Å². The Kier molecular flexibility index (Phi) is 6.66. The number of amides is 1. The third kappa shape index (κ3) is 4.83. The second kappa shape index (κ2) is 9.38. The lowest BCUT2D eigenvalue weighted by Gasteiger charge is -2.06. The fraction of sp³-hybridized carbons (Fsp3) is 0.286. The first kappa shape index (κ1) is 20.6. The summed E-state index contributed by atoms with van der Waals surface area (Å²) in [5.74, 6) is 0.723. The standard InChI is InChI=1S/C21H22N2O5S/c1-4-28-19(24)11-12-23-17-10-9-16(27-3)13-18(17)29-21(23)22-20(25)14-5-7-15(26-2)8-6-14/h5-10,13H,4,11-12H2,1-3H3. The summed E-state index contributed by atoms with van der Waals surface area (Å²) < 4.78 is 18.2. The van der Waals surface area contributed by atoms with Crippen LogP contribution < -0.4 is 14.3 Å². The molecule has 0 fully saturated rings. The maximum absolute atomic E-state index is 12.7. The smallest absolute Gasteiger partial charge is 0.307 e. The average Bonchev–Trinajstić information content (AvgIpc) is 3.08. The normalized spacial score (nSPS) is 11.5. The first-order valence-electron chi connectivity index (χ1n) is 9.11. The topological polar surface area (TPSA) is 79.1 Å². The number of carbonyl (C=O) groups is 2. The molecule has 1 heterocycles. The molecule has 0 aliphatic rings. The molecule has 29 heavy (non-hydrogen) atoms. The molecule has 2 aromatic carbocycles. The van der Waals surface area contributed by atoms with Crippen LogP contribution in [0.15, 0.2) is 47.5 Å². The number of methoxy groups -OCH3 is 2. The highest BCUT2D eigenvalue weighted by Crippen LogP contribution is 2.23. The second-order valence-electron chi connectivity index (χ2n) is 6.07. The quantitative estimate of drug-likeness (QED) is 0.554. The van der Waals surface area contributed by atoms with E-state index in [0.29, 0.717) is 35.0 Å².